The molecule has 0 spiro atoms. The Kier molecular flexibility index (Phi) is 3.59. The third-order valence-corrected chi connectivity index (χ3v) is 5.08. The van der Waals surface area contributed by atoms with E-state index in [2.05, 4.69) is 20.9 Å². The minimum Gasteiger partial charge on any atom is -0.240 e. The van der Waals surface area contributed by atoms with E-state index >= 15 is 0 Å². The van der Waals surface area contributed by atoms with Crippen LogP contribution in [-0.4, -0.2) is 9.81 Å². The van der Waals surface area contributed by atoms with Gasteiger partial charge < -0.3 is 0 Å². The largest absolute Gasteiger partial charge is 0.443 e. The Bertz CT molecular complexity index is 363. The van der Waals surface area contributed by atoms with E-state index < -0.39 is 11.2 Å². The number of aromatic nitrogens is 1. The standard InChI is InChI=1S/C10H11BrF3NS/c11-7-4-2-1-3-6(7)8-5-15-9(16-8)10(12,13)14/h5-7H,1-4H2. The number of nitrogens with zero attached hydrogens (tertiary/aromatic N) is 1. The molecule has 1 fully saturated rings. The van der Waals surface area contributed by atoms with Crippen molar-refractivity contribution in [2.45, 2.75) is 42.6 Å². The quantitative estimate of drug-likeness (QED) is 0.691. The van der Waals surface area contributed by atoms with Gasteiger partial charge in [0.05, 0.1) is 0 Å². The van der Waals surface area contributed by atoms with Crippen molar-refractivity contribution in [1.82, 2.24) is 4.98 Å². The highest BCUT2D eigenvalue weighted by Crippen LogP contribution is 2.42. The number of thiazole rings is 1. The predicted octanol–water partition coefficient (Wildman–Crippen LogP) is 4.58. The molecule has 2 rings (SSSR count). The van der Waals surface area contributed by atoms with Crippen LogP contribution in [0.2, 0.25) is 0 Å². The summed E-state index contributed by atoms with van der Waals surface area (Å²) in [5.74, 6) is 0.197. The molecule has 0 amide bonds. The third-order valence-electron chi connectivity index (χ3n) is 2.81. The van der Waals surface area contributed by atoms with Crippen LogP contribution in [0.1, 0.15) is 41.5 Å². The van der Waals surface area contributed by atoms with Gasteiger partial charge in [0.15, 0.2) is 5.01 Å². The molecule has 0 saturated heterocycles. The minimum atomic E-state index is -4.31. The summed E-state index contributed by atoms with van der Waals surface area (Å²) in [7, 11) is 0. The molecule has 1 saturated carbocycles. The summed E-state index contributed by atoms with van der Waals surface area (Å²) >= 11 is 4.33. The molecule has 1 aromatic rings. The van der Waals surface area contributed by atoms with E-state index in [9.17, 15) is 13.2 Å². The molecule has 1 aromatic heterocycles. The number of halogens is 4. The van der Waals surface area contributed by atoms with Crippen LogP contribution < -0.4 is 0 Å². The van der Waals surface area contributed by atoms with Crippen molar-refractivity contribution < 1.29 is 13.2 Å². The number of alkyl halides is 4. The highest BCUT2D eigenvalue weighted by Gasteiger charge is 2.36. The van der Waals surface area contributed by atoms with Gasteiger partial charge in [-0.05, 0) is 12.8 Å². The van der Waals surface area contributed by atoms with Gasteiger partial charge in [-0.25, -0.2) is 4.98 Å². The summed E-state index contributed by atoms with van der Waals surface area (Å²) in [6.07, 6.45) is 1.31. The molecule has 16 heavy (non-hydrogen) atoms. The maximum absolute atomic E-state index is 12.4. The molecule has 0 bridgehead atoms. The van der Waals surface area contributed by atoms with Crippen molar-refractivity contribution in [3.63, 3.8) is 0 Å². The van der Waals surface area contributed by atoms with Gasteiger partial charge in [-0.2, -0.15) is 13.2 Å². The number of hydrogen-bond donors (Lipinski definition) is 0. The van der Waals surface area contributed by atoms with Crippen molar-refractivity contribution in [2.75, 3.05) is 0 Å². The topological polar surface area (TPSA) is 12.9 Å². The fourth-order valence-corrected chi connectivity index (χ4v) is 4.03. The second kappa shape index (κ2) is 4.64. The van der Waals surface area contributed by atoms with Crippen LogP contribution in [0, 0.1) is 0 Å². The Balaban J connectivity index is 2.18. The van der Waals surface area contributed by atoms with Crippen LogP contribution in [-0.2, 0) is 6.18 Å². The van der Waals surface area contributed by atoms with Gasteiger partial charge in [-0.15, -0.1) is 11.3 Å². The first-order chi connectivity index (χ1) is 7.48. The lowest BCUT2D eigenvalue weighted by Gasteiger charge is -2.25. The molecular formula is C10H11BrF3NS. The number of hydrogen-bond acceptors (Lipinski definition) is 2. The summed E-state index contributed by atoms with van der Waals surface area (Å²) in [6.45, 7) is 0. The van der Waals surface area contributed by atoms with Crippen molar-refractivity contribution >= 4 is 27.3 Å². The Morgan fingerprint density at radius 2 is 2.00 bits per heavy atom. The Hall–Kier alpha value is -0.100. The minimum absolute atomic E-state index is 0.197. The average Bonchev–Trinajstić information content (AvgIpc) is 2.66. The Morgan fingerprint density at radius 3 is 2.56 bits per heavy atom. The van der Waals surface area contributed by atoms with E-state index in [1.54, 1.807) is 0 Å². The van der Waals surface area contributed by atoms with Crippen LogP contribution >= 0.6 is 27.3 Å². The zero-order chi connectivity index (χ0) is 11.8. The van der Waals surface area contributed by atoms with E-state index in [0.717, 1.165) is 41.9 Å². The zero-order valence-corrected chi connectivity index (χ0v) is 10.8. The van der Waals surface area contributed by atoms with Gasteiger partial charge in [0.25, 0.3) is 0 Å². The zero-order valence-electron chi connectivity index (χ0n) is 8.43. The SMILES string of the molecule is FC(F)(F)c1ncc(C2CCCCC2Br)s1. The first kappa shape index (κ1) is 12.4. The highest BCUT2D eigenvalue weighted by atomic mass is 79.9. The predicted molar refractivity (Wildman–Crippen MR) is 61.0 cm³/mol. The first-order valence-electron chi connectivity index (χ1n) is 5.15. The molecule has 1 aliphatic carbocycles. The molecule has 1 aliphatic rings. The monoisotopic (exact) mass is 313 g/mol. The van der Waals surface area contributed by atoms with Crippen LogP contribution in [0.25, 0.3) is 0 Å². The van der Waals surface area contributed by atoms with Crippen LogP contribution in [0.4, 0.5) is 13.2 Å². The van der Waals surface area contributed by atoms with Crippen molar-refractivity contribution in [3.8, 4) is 0 Å². The molecule has 0 aromatic carbocycles. The van der Waals surface area contributed by atoms with Gasteiger partial charge in [-0.3, -0.25) is 0 Å². The molecule has 1 nitrogen and oxygen atoms in total. The fourth-order valence-electron chi connectivity index (χ4n) is 2.00. The number of rotatable bonds is 1. The molecule has 0 aliphatic heterocycles. The van der Waals surface area contributed by atoms with Crippen LogP contribution in [0.5, 0.6) is 0 Å². The molecule has 2 unspecified atom stereocenters. The molecule has 2 atom stereocenters. The van der Waals surface area contributed by atoms with Crippen molar-refractivity contribution in [2.24, 2.45) is 0 Å². The maximum Gasteiger partial charge on any atom is 0.443 e. The van der Waals surface area contributed by atoms with Crippen molar-refractivity contribution in [3.05, 3.63) is 16.1 Å². The molecule has 6 heteroatoms. The Labute approximate surface area is 104 Å². The van der Waals surface area contributed by atoms with E-state index in [-0.39, 0.29) is 5.92 Å². The molecule has 90 valence electrons. The van der Waals surface area contributed by atoms with E-state index in [1.807, 2.05) is 0 Å². The fraction of sp³-hybridized carbons (Fsp3) is 0.700. The average molecular weight is 314 g/mol. The van der Waals surface area contributed by atoms with Gasteiger partial charge in [0.2, 0.25) is 0 Å². The summed E-state index contributed by atoms with van der Waals surface area (Å²) in [5.41, 5.74) is 0. The molecular weight excluding hydrogens is 303 g/mol. The molecule has 1 heterocycles. The lowest BCUT2D eigenvalue weighted by atomic mass is 9.88. The van der Waals surface area contributed by atoms with Gasteiger partial charge in [-0.1, -0.05) is 28.8 Å². The highest BCUT2D eigenvalue weighted by molar-refractivity contribution is 9.09. The third kappa shape index (κ3) is 2.59. The Morgan fingerprint density at radius 1 is 1.31 bits per heavy atom. The second-order valence-electron chi connectivity index (χ2n) is 3.97. The summed E-state index contributed by atoms with van der Waals surface area (Å²) in [6, 6.07) is 0. The normalized spacial score (nSPS) is 27.0. The van der Waals surface area contributed by atoms with E-state index in [0.29, 0.717) is 4.83 Å². The lowest BCUT2D eigenvalue weighted by Crippen LogP contribution is -2.16. The molecule has 0 N–H and O–H groups in total. The lowest BCUT2D eigenvalue weighted by molar-refractivity contribution is -0.137. The molecule has 0 radical (unpaired) electrons. The van der Waals surface area contributed by atoms with E-state index in [1.165, 1.54) is 6.20 Å². The van der Waals surface area contributed by atoms with Crippen LogP contribution in [0.15, 0.2) is 6.20 Å². The first-order valence-corrected chi connectivity index (χ1v) is 6.88. The van der Waals surface area contributed by atoms with Gasteiger partial charge in [0, 0.05) is 21.8 Å². The van der Waals surface area contributed by atoms with Crippen LogP contribution in [0.3, 0.4) is 0 Å². The maximum atomic E-state index is 12.4. The van der Waals surface area contributed by atoms with E-state index in [4.69, 9.17) is 0 Å². The summed E-state index contributed by atoms with van der Waals surface area (Å²) < 4.78 is 37.2. The summed E-state index contributed by atoms with van der Waals surface area (Å²) in [5, 5.41) is -0.729. The summed E-state index contributed by atoms with van der Waals surface area (Å²) in [4.78, 5) is 4.52. The second-order valence-corrected chi connectivity index (χ2v) is 6.21. The smallest absolute Gasteiger partial charge is 0.240 e. The van der Waals surface area contributed by atoms with Crippen molar-refractivity contribution in [1.29, 1.82) is 0 Å². The van der Waals surface area contributed by atoms with Gasteiger partial charge >= 0.3 is 6.18 Å². The van der Waals surface area contributed by atoms with Gasteiger partial charge in [0.1, 0.15) is 0 Å².